The minimum Gasteiger partial charge on any atom is -0.371 e. The second-order valence-corrected chi connectivity index (χ2v) is 11.1. The summed E-state index contributed by atoms with van der Waals surface area (Å²) in [4.78, 5) is 2.65. The number of hydrogen-bond acceptors (Lipinski definition) is 6. The van der Waals surface area contributed by atoms with Crippen molar-refractivity contribution < 1.29 is 0 Å². The highest BCUT2D eigenvalue weighted by Crippen LogP contribution is 2.35. The van der Waals surface area contributed by atoms with Crippen molar-refractivity contribution in [1.82, 2.24) is 4.37 Å². The SMILES string of the molecule is CCCCC(CC)CN(CC(CC)CCCC)c1ccc(N=Nc2snc(C)c2C#N)c(C(C)C)c1. The van der Waals surface area contributed by atoms with Crippen molar-refractivity contribution in [2.75, 3.05) is 18.0 Å². The lowest BCUT2D eigenvalue weighted by Crippen LogP contribution is -2.34. The first-order valence-corrected chi connectivity index (χ1v) is 14.8. The molecule has 0 amide bonds. The molecule has 0 bridgehead atoms. The zero-order valence-electron chi connectivity index (χ0n) is 23.7. The smallest absolute Gasteiger partial charge is 0.176 e. The molecule has 1 aromatic carbocycles. The van der Waals surface area contributed by atoms with Crippen molar-refractivity contribution in [2.45, 2.75) is 106 Å². The number of aromatic nitrogens is 1. The molecule has 6 heteroatoms. The van der Waals surface area contributed by atoms with E-state index in [1.54, 1.807) is 0 Å². The number of hydrogen-bond donors (Lipinski definition) is 0. The van der Waals surface area contributed by atoms with Gasteiger partial charge in [0.2, 0.25) is 0 Å². The van der Waals surface area contributed by atoms with Gasteiger partial charge in [-0.2, -0.15) is 9.64 Å². The second kappa shape index (κ2) is 15.8. The third kappa shape index (κ3) is 8.69. The van der Waals surface area contributed by atoms with E-state index in [2.05, 4.69) is 85.3 Å². The maximum Gasteiger partial charge on any atom is 0.176 e. The number of rotatable bonds is 16. The van der Waals surface area contributed by atoms with E-state index in [1.807, 2.05) is 6.92 Å². The van der Waals surface area contributed by atoms with Crippen molar-refractivity contribution >= 4 is 27.9 Å². The lowest BCUT2D eigenvalue weighted by atomic mass is 9.94. The predicted octanol–water partition coefficient (Wildman–Crippen LogP) is 10.1. The van der Waals surface area contributed by atoms with Gasteiger partial charge in [0.15, 0.2) is 5.00 Å². The van der Waals surface area contributed by atoms with Crippen LogP contribution in [0.5, 0.6) is 0 Å². The molecule has 0 radical (unpaired) electrons. The molecule has 1 heterocycles. The standard InChI is InChI=1S/C30H47N5S/c1-8-12-14-24(10-3)20-35(21-25(11-4)15-13-9-2)26-16-17-29(27(18-26)22(5)6)32-33-30-28(19-31)23(7)34-36-30/h16-18,22,24-25H,8-15,20-21H2,1-7H3. The minimum atomic E-state index is 0.323. The fraction of sp³-hybridized carbons (Fsp3) is 0.667. The monoisotopic (exact) mass is 509 g/mol. The average Bonchev–Trinajstić information content (AvgIpc) is 3.25. The van der Waals surface area contributed by atoms with Crippen molar-refractivity contribution in [2.24, 2.45) is 22.1 Å². The van der Waals surface area contributed by atoms with Gasteiger partial charge in [-0.15, -0.1) is 10.2 Å². The molecule has 2 atom stereocenters. The summed E-state index contributed by atoms with van der Waals surface area (Å²) in [6.07, 6.45) is 10.2. The third-order valence-corrected chi connectivity index (χ3v) is 8.07. The fourth-order valence-corrected chi connectivity index (χ4v) is 5.37. The summed E-state index contributed by atoms with van der Waals surface area (Å²) >= 11 is 1.23. The lowest BCUT2D eigenvalue weighted by Gasteiger charge is -2.33. The zero-order chi connectivity index (χ0) is 26.5. The molecule has 5 nitrogen and oxygen atoms in total. The Morgan fingerprint density at radius 3 is 2.08 bits per heavy atom. The molecule has 0 aliphatic heterocycles. The van der Waals surface area contributed by atoms with E-state index in [0.29, 0.717) is 22.2 Å². The molecule has 0 spiro atoms. The van der Waals surface area contributed by atoms with Crippen LogP contribution < -0.4 is 4.90 Å². The van der Waals surface area contributed by atoms with E-state index in [1.165, 1.54) is 74.1 Å². The van der Waals surface area contributed by atoms with Gasteiger partial charge < -0.3 is 4.90 Å². The normalized spacial score (nSPS) is 13.3. The number of benzene rings is 1. The van der Waals surface area contributed by atoms with Gasteiger partial charge >= 0.3 is 0 Å². The van der Waals surface area contributed by atoms with Gasteiger partial charge in [0.25, 0.3) is 0 Å². The first-order valence-electron chi connectivity index (χ1n) is 14.0. The molecule has 198 valence electrons. The molecular formula is C30H47N5S. The summed E-state index contributed by atoms with van der Waals surface area (Å²) in [6, 6.07) is 8.88. The van der Waals surface area contributed by atoms with Crippen LogP contribution >= 0.6 is 11.5 Å². The molecule has 36 heavy (non-hydrogen) atoms. The molecule has 0 fully saturated rings. The highest BCUT2D eigenvalue weighted by molar-refractivity contribution is 7.10. The first-order chi connectivity index (χ1) is 17.4. The fourth-order valence-electron chi connectivity index (χ4n) is 4.69. The number of azo groups is 1. The molecule has 2 unspecified atom stereocenters. The molecular weight excluding hydrogens is 462 g/mol. The molecule has 0 saturated carbocycles. The van der Waals surface area contributed by atoms with E-state index in [4.69, 9.17) is 0 Å². The van der Waals surface area contributed by atoms with Gasteiger partial charge in [-0.05, 0) is 72.8 Å². The Morgan fingerprint density at radius 2 is 1.58 bits per heavy atom. The summed E-state index contributed by atoms with van der Waals surface area (Å²) in [6.45, 7) is 17.8. The zero-order valence-corrected chi connectivity index (χ0v) is 24.5. The molecule has 2 aromatic rings. The maximum absolute atomic E-state index is 9.43. The topological polar surface area (TPSA) is 64.6 Å². The van der Waals surface area contributed by atoms with Crippen LogP contribution in [-0.4, -0.2) is 17.5 Å². The van der Waals surface area contributed by atoms with Crippen LogP contribution in [0.2, 0.25) is 0 Å². The molecule has 1 aromatic heterocycles. The van der Waals surface area contributed by atoms with Crippen LogP contribution in [0, 0.1) is 30.1 Å². The van der Waals surface area contributed by atoms with E-state index in [0.717, 1.165) is 30.6 Å². The highest BCUT2D eigenvalue weighted by atomic mass is 32.1. The number of unbranched alkanes of at least 4 members (excludes halogenated alkanes) is 2. The molecule has 2 rings (SSSR count). The predicted molar refractivity (Wildman–Crippen MR) is 155 cm³/mol. The molecule has 0 aliphatic rings. The Balaban J connectivity index is 2.39. The summed E-state index contributed by atoms with van der Waals surface area (Å²) in [5.74, 6) is 1.76. The maximum atomic E-state index is 9.43. The van der Waals surface area contributed by atoms with Crippen molar-refractivity contribution in [3.8, 4) is 6.07 Å². The Hall–Kier alpha value is -2.26. The lowest BCUT2D eigenvalue weighted by molar-refractivity contribution is 0.403. The van der Waals surface area contributed by atoms with E-state index in [-0.39, 0.29) is 0 Å². The van der Waals surface area contributed by atoms with E-state index < -0.39 is 0 Å². The van der Waals surface area contributed by atoms with E-state index in [9.17, 15) is 5.26 Å². The Kier molecular flexibility index (Phi) is 13.1. The molecule has 0 saturated heterocycles. The van der Waals surface area contributed by atoms with Gasteiger partial charge in [-0.25, -0.2) is 0 Å². The van der Waals surface area contributed by atoms with Crippen molar-refractivity contribution in [1.29, 1.82) is 5.26 Å². The van der Waals surface area contributed by atoms with Crippen LogP contribution in [0.3, 0.4) is 0 Å². The second-order valence-electron chi connectivity index (χ2n) is 10.4. The van der Waals surface area contributed by atoms with Crippen LogP contribution in [-0.2, 0) is 0 Å². The number of nitriles is 1. The van der Waals surface area contributed by atoms with Crippen LogP contribution in [0.25, 0.3) is 0 Å². The number of aryl methyl sites for hydroxylation is 1. The molecule has 0 N–H and O–H groups in total. The van der Waals surface area contributed by atoms with Gasteiger partial charge in [-0.1, -0.05) is 80.1 Å². The summed E-state index contributed by atoms with van der Waals surface area (Å²) in [5.41, 5.74) is 4.61. The summed E-state index contributed by atoms with van der Waals surface area (Å²) in [5, 5.41) is 19.0. The number of anilines is 1. The van der Waals surface area contributed by atoms with Crippen LogP contribution in [0.15, 0.2) is 28.4 Å². The first kappa shape index (κ1) is 30.0. The van der Waals surface area contributed by atoms with Gasteiger partial charge in [0, 0.05) is 18.8 Å². The van der Waals surface area contributed by atoms with Crippen molar-refractivity contribution in [3.05, 3.63) is 35.0 Å². The largest absolute Gasteiger partial charge is 0.371 e. The summed E-state index contributed by atoms with van der Waals surface area (Å²) in [7, 11) is 0. The highest BCUT2D eigenvalue weighted by Gasteiger charge is 2.19. The average molecular weight is 510 g/mol. The van der Waals surface area contributed by atoms with Gasteiger partial charge in [-0.3, -0.25) is 0 Å². The van der Waals surface area contributed by atoms with Crippen molar-refractivity contribution in [3.63, 3.8) is 0 Å². The van der Waals surface area contributed by atoms with Gasteiger partial charge in [0.1, 0.15) is 11.6 Å². The third-order valence-electron chi connectivity index (χ3n) is 7.25. The van der Waals surface area contributed by atoms with E-state index >= 15 is 0 Å². The summed E-state index contributed by atoms with van der Waals surface area (Å²) < 4.78 is 4.27. The van der Waals surface area contributed by atoms with Crippen LogP contribution in [0.4, 0.5) is 16.4 Å². The Labute approximate surface area is 224 Å². The quantitative estimate of drug-likeness (QED) is 0.211. The molecule has 0 aliphatic carbocycles. The minimum absolute atomic E-state index is 0.323. The number of nitrogens with zero attached hydrogens (tertiary/aromatic N) is 5. The Morgan fingerprint density at radius 1 is 0.972 bits per heavy atom. The van der Waals surface area contributed by atoms with Gasteiger partial charge in [0.05, 0.1) is 11.4 Å². The Bertz CT molecular complexity index is 970. The van der Waals surface area contributed by atoms with Crippen LogP contribution in [0.1, 0.15) is 116 Å².